The maximum Gasteiger partial charge on any atom is 0.194 e. The molecule has 0 bridgehead atoms. The molecular formula is C12H11F3O. The molecule has 2 rings (SSSR count). The zero-order valence-electron chi connectivity index (χ0n) is 8.77. The van der Waals surface area contributed by atoms with Crippen LogP contribution >= 0.6 is 0 Å². The molecule has 1 aliphatic rings. The molecule has 0 N–H and O–H groups in total. The monoisotopic (exact) mass is 228 g/mol. The van der Waals surface area contributed by atoms with Crippen LogP contribution < -0.4 is 0 Å². The zero-order valence-corrected chi connectivity index (χ0v) is 8.77. The van der Waals surface area contributed by atoms with Crippen molar-refractivity contribution in [3.8, 4) is 0 Å². The SMILES string of the molecule is CCC1C(=O)CC1c1cc(F)c(F)c(F)c1. The van der Waals surface area contributed by atoms with Gasteiger partial charge in [0.25, 0.3) is 0 Å². The van der Waals surface area contributed by atoms with Crippen LogP contribution in [-0.2, 0) is 4.79 Å². The Hall–Kier alpha value is -1.32. The molecule has 2 atom stereocenters. The van der Waals surface area contributed by atoms with Crippen LogP contribution in [0.3, 0.4) is 0 Å². The second-order valence-electron chi connectivity index (χ2n) is 4.09. The lowest BCUT2D eigenvalue weighted by Crippen LogP contribution is -2.34. The van der Waals surface area contributed by atoms with E-state index < -0.39 is 17.5 Å². The fraction of sp³-hybridized carbons (Fsp3) is 0.417. The Morgan fingerprint density at radius 3 is 2.25 bits per heavy atom. The number of carbonyl (C=O) groups is 1. The van der Waals surface area contributed by atoms with Crippen molar-refractivity contribution in [2.75, 3.05) is 0 Å². The Bertz CT molecular complexity index is 419. The first-order valence-electron chi connectivity index (χ1n) is 5.21. The predicted octanol–water partition coefficient (Wildman–Crippen LogP) is 3.19. The van der Waals surface area contributed by atoms with Crippen molar-refractivity contribution in [2.24, 2.45) is 5.92 Å². The first kappa shape index (κ1) is 11.2. The maximum absolute atomic E-state index is 13.0. The van der Waals surface area contributed by atoms with Crippen LogP contribution in [-0.4, -0.2) is 5.78 Å². The molecular weight excluding hydrogens is 217 g/mol. The molecule has 0 radical (unpaired) electrons. The second kappa shape index (κ2) is 3.92. The third kappa shape index (κ3) is 1.62. The Morgan fingerprint density at radius 1 is 1.25 bits per heavy atom. The van der Waals surface area contributed by atoms with Crippen LogP contribution in [0.25, 0.3) is 0 Å². The average molecular weight is 228 g/mol. The summed E-state index contributed by atoms with van der Waals surface area (Å²) in [5, 5.41) is 0. The van der Waals surface area contributed by atoms with Crippen molar-refractivity contribution in [1.29, 1.82) is 0 Å². The van der Waals surface area contributed by atoms with E-state index >= 15 is 0 Å². The molecule has 1 fully saturated rings. The quantitative estimate of drug-likeness (QED) is 0.710. The highest BCUT2D eigenvalue weighted by atomic mass is 19.2. The van der Waals surface area contributed by atoms with Crippen molar-refractivity contribution in [3.63, 3.8) is 0 Å². The number of halogens is 3. The minimum absolute atomic E-state index is 0.109. The number of rotatable bonds is 2. The highest BCUT2D eigenvalue weighted by Gasteiger charge is 2.39. The Balaban J connectivity index is 2.32. The van der Waals surface area contributed by atoms with Gasteiger partial charge in [-0.2, -0.15) is 0 Å². The van der Waals surface area contributed by atoms with Crippen LogP contribution in [0, 0.1) is 23.4 Å². The van der Waals surface area contributed by atoms with E-state index in [0.29, 0.717) is 18.4 Å². The molecule has 0 amide bonds. The number of ketones is 1. The van der Waals surface area contributed by atoms with Gasteiger partial charge in [-0.05, 0) is 24.1 Å². The van der Waals surface area contributed by atoms with Crippen molar-refractivity contribution in [3.05, 3.63) is 35.1 Å². The van der Waals surface area contributed by atoms with Gasteiger partial charge in [0.15, 0.2) is 17.5 Å². The van der Waals surface area contributed by atoms with Crippen molar-refractivity contribution >= 4 is 5.78 Å². The normalized spacial score (nSPS) is 24.4. The van der Waals surface area contributed by atoms with Gasteiger partial charge in [0.1, 0.15) is 5.78 Å². The van der Waals surface area contributed by atoms with Gasteiger partial charge in [-0.3, -0.25) is 4.79 Å². The van der Waals surface area contributed by atoms with E-state index in [0.717, 1.165) is 12.1 Å². The molecule has 16 heavy (non-hydrogen) atoms. The van der Waals surface area contributed by atoms with Gasteiger partial charge in [0.2, 0.25) is 0 Å². The third-order valence-electron chi connectivity index (χ3n) is 3.19. The highest BCUT2D eigenvalue weighted by Crippen LogP contribution is 2.41. The van der Waals surface area contributed by atoms with Crippen molar-refractivity contribution < 1.29 is 18.0 Å². The van der Waals surface area contributed by atoms with E-state index in [1.165, 1.54) is 0 Å². The zero-order chi connectivity index (χ0) is 11.9. The maximum atomic E-state index is 13.0. The lowest BCUT2D eigenvalue weighted by Gasteiger charge is -2.34. The van der Waals surface area contributed by atoms with Gasteiger partial charge in [-0.25, -0.2) is 13.2 Å². The smallest absolute Gasteiger partial charge is 0.194 e. The minimum Gasteiger partial charge on any atom is -0.299 e. The molecule has 1 aromatic rings. The van der Waals surface area contributed by atoms with Gasteiger partial charge < -0.3 is 0 Å². The molecule has 1 nitrogen and oxygen atoms in total. The number of hydrogen-bond donors (Lipinski definition) is 0. The first-order valence-corrected chi connectivity index (χ1v) is 5.21. The fourth-order valence-electron chi connectivity index (χ4n) is 2.23. The molecule has 1 aromatic carbocycles. The van der Waals surface area contributed by atoms with Crippen LogP contribution in [0.2, 0.25) is 0 Å². The summed E-state index contributed by atoms with van der Waals surface area (Å²) in [6.07, 6.45) is 0.938. The molecule has 1 saturated carbocycles. The van der Waals surface area contributed by atoms with Gasteiger partial charge in [-0.1, -0.05) is 6.92 Å². The average Bonchev–Trinajstić information content (AvgIpc) is 2.22. The lowest BCUT2D eigenvalue weighted by molar-refractivity contribution is -0.131. The van der Waals surface area contributed by atoms with E-state index in [1.54, 1.807) is 0 Å². The fourth-order valence-corrected chi connectivity index (χ4v) is 2.23. The van der Waals surface area contributed by atoms with E-state index in [1.807, 2.05) is 6.92 Å². The van der Waals surface area contributed by atoms with Crippen molar-refractivity contribution in [2.45, 2.75) is 25.7 Å². The summed E-state index contributed by atoms with van der Waals surface area (Å²) in [6, 6.07) is 1.97. The second-order valence-corrected chi connectivity index (χ2v) is 4.09. The summed E-state index contributed by atoms with van der Waals surface area (Å²) in [7, 11) is 0. The van der Waals surface area contributed by atoms with Crippen LogP contribution in [0.4, 0.5) is 13.2 Å². The van der Waals surface area contributed by atoms with E-state index in [2.05, 4.69) is 0 Å². The number of carbonyl (C=O) groups excluding carboxylic acids is 1. The van der Waals surface area contributed by atoms with Gasteiger partial charge in [-0.15, -0.1) is 0 Å². The topological polar surface area (TPSA) is 17.1 Å². The molecule has 0 heterocycles. The van der Waals surface area contributed by atoms with Crippen molar-refractivity contribution in [1.82, 2.24) is 0 Å². The lowest BCUT2D eigenvalue weighted by atomic mass is 9.68. The molecule has 0 aromatic heterocycles. The molecule has 0 spiro atoms. The van der Waals surface area contributed by atoms with E-state index in [9.17, 15) is 18.0 Å². The van der Waals surface area contributed by atoms with E-state index in [4.69, 9.17) is 0 Å². The molecule has 4 heteroatoms. The Labute approximate surface area is 91.3 Å². The molecule has 2 unspecified atom stereocenters. The summed E-state index contributed by atoms with van der Waals surface area (Å²) < 4.78 is 38.7. The van der Waals surface area contributed by atoms with Gasteiger partial charge in [0, 0.05) is 18.3 Å². The highest BCUT2D eigenvalue weighted by molar-refractivity contribution is 5.89. The molecule has 1 aliphatic carbocycles. The summed E-state index contributed by atoms with van der Waals surface area (Å²) in [6.45, 7) is 1.85. The summed E-state index contributed by atoms with van der Waals surface area (Å²) >= 11 is 0. The van der Waals surface area contributed by atoms with Crippen LogP contribution in [0.1, 0.15) is 31.2 Å². The Kier molecular flexibility index (Phi) is 2.74. The summed E-state index contributed by atoms with van der Waals surface area (Å²) in [4.78, 5) is 11.2. The molecule has 86 valence electrons. The number of hydrogen-bond acceptors (Lipinski definition) is 1. The minimum atomic E-state index is -1.46. The molecule has 0 aliphatic heterocycles. The van der Waals surface area contributed by atoms with Crippen LogP contribution in [0.5, 0.6) is 0 Å². The van der Waals surface area contributed by atoms with Crippen LogP contribution in [0.15, 0.2) is 12.1 Å². The van der Waals surface area contributed by atoms with Gasteiger partial charge >= 0.3 is 0 Å². The third-order valence-corrected chi connectivity index (χ3v) is 3.19. The predicted molar refractivity (Wildman–Crippen MR) is 52.5 cm³/mol. The number of benzene rings is 1. The summed E-state index contributed by atoms with van der Waals surface area (Å²) in [5.74, 6) is -4.07. The molecule has 0 saturated heterocycles. The largest absolute Gasteiger partial charge is 0.299 e. The van der Waals surface area contributed by atoms with Gasteiger partial charge in [0.05, 0.1) is 0 Å². The summed E-state index contributed by atoms with van der Waals surface area (Å²) in [5.41, 5.74) is 0.378. The first-order chi connectivity index (χ1) is 7.54. The number of Topliss-reactive ketones (excluding diaryl/α,β-unsaturated/α-hetero) is 1. The Morgan fingerprint density at radius 2 is 1.81 bits per heavy atom. The van der Waals surface area contributed by atoms with E-state index in [-0.39, 0.29) is 17.6 Å². The standard InChI is InChI=1S/C12H11F3O/c1-2-7-8(5-11(7)16)6-3-9(13)12(15)10(14)4-6/h3-4,7-8H,2,5H2,1H3.